The molecule has 3 aromatic rings. The van der Waals surface area contributed by atoms with Crippen molar-refractivity contribution in [1.82, 2.24) is 19.6 Å². The minimum absolute atomic E-state index is 0.337. The summed E-state index contributed by atoms with van der Waals surface area (Å²) in [5.74, 6) is 2.39. The zero-order valence-electron chi connectivity index (χ0n) is 15.1. The van der Waals surface area contributed by atoms with Gasteiger partial charge in [-0.15, -0.1) is 5.10 Å². The molecule has 136 valence electrons. The molecule has 0 spiro atoms. The summed E-state index contributed by atoms with van der Waals surface area (Å²) in [7, 11) is 1.66. The fourth-order valence-corrected chi connectivity index (χ4v) is 3.28. The third kappa shape index (κ3) is 3.48. The molecule has 4 rings (SSSR count). The fraction of sp³-hybridized carbons (Fsp3) is 0.421. The maximum atomic E-state index is 5.65. The number of aryl methyl sites for hydroxylation is 1. The van der Waals surface area contributed by atoms with Crippen molar-refractivity contribution < 1.29 is 9.47 Å². The Morgan fingerprint density at radius 1 is 1.27 bits per heavy atom. The summed E-state index contributed by atoms with van der Waals surface area (Å²) >= 11 is 0. The maximum absolute atomic E-state index is 5.65. The van der Waals surface area contributed by atoms with E-state index in [4.69, 9.17) is 9.47 Å². The Morgan fingerprint density at radius 2 is 2.12 bits per heavy atom. The van der Waals surface area contributed by atoms with Crippen LogP contribution in [0.3, 0.4) is 0 Å². The monoisotopic (exact) mass is 353 g/mol. The summed E-state index contributed by atoms with van der Waals surface area (Å²) in [5.41, 5.74) is 3.21. The van der Waals surface area contributed by atoms with Gasteiger partial charge in [-0.25, -0.2) is 4.98 Å². The second-order valence-electron chi connectivity index (χ2n) is 6.59. The molecule has 2 aromatic heterocycles. The van der Waals surface area contributed by atoms with E-state index < -0.39 is 0 Å². The number of rotatable bonds is 5. The first-order valence-electron chi connectivity index (χ1n) is 8.92. The third-order valence-corrected chi connectivity index (χ3v) is 4.66. The average Bonchev–Trinajstić information content (AvgIpc) is 3.09. The minimum atomic E-state index is 0.337. The van der Waals surface area contributed by atoms with Gasteiger partial charge in [0.1, 0.15) is 5.75 Å². The van der Waals surface area contributed by atoms with E-state index in [-0.39, 0.29) is 0 Å². The topological polar surface area (TPSA) is 73.6 Å². The van der Waals surface area contributed by atoms with Gasteiger partial charge < -0.3 is 14.8 Å². The fourth-order valence-electron chi connectivity index (χ4n) is 3.28. The Kier molecular flexibility index (Phi) is 4.71. The molecule has 26 heavy (non-hydrogen) atoms. The zero-order chi connectivity index (χ0) is 17.9. The molecule has 1 aliphatic rings. The van der Waals surface area contributed by atoms with Crippen molar-refractivity contribution in [3.05, 3.63) is 47.3 Å². The number of nitrogens with one attached hydrogen (secondary N) is 1. The first kappa shape index (κ1) is 16.8. The van der Waals surface area contributed by atoms with E-state index in [9.17, 15) is 0 Å². The van der Waals surface area contributed by atoms with E-state index in [0.29, 0.717) is 24.2 Å². The van der Waals surface area contributed by atoms with Crippen molar-refractivity contribution in [2.24, 2.45) is 0 Å². The van der Waals surface area contributed by atoms with Gasteiger partial charge in [-0.05, 0) is 43.5 Å². The van der Waals surface area contributed by atoms with E-state index in [1.807, 2.05) is 35.7 Å². The number of nitrogens with zero attached hydrogens (tertiary/aromatic N) is 4. The summed E-state index contributed by atoms with van der Waals surface area (Å²) in [5, 5.41) is 7.91. The summed E-state index contributed by atoms with van der Waals surface area (Å²) in [4.78, 5) is 9.06. The number of methoxy groups -OCH3 is 1. The van der Waals surface area contributed by atoms with E-state index in [1.54, 1.807) is 7.11 Å². The highest BCUT2D eigenvalue weighted by molar-refractivity contribution is 5.40. The van der Waals surface area contributed by atoms with Crippen LogP contribution in [0.2, 0.25) is 0 Å². The van der Waals surface area contributed by atoms with Gasteiger partial charge >= 0.3 is 0 Å². The smallest absolute Gasteiger partial charge is 0.254 e. The van der Waals surface area contributed by atoms with Gasteiger partial charge in [-0.2, -0.15) is 9.50 Å². The van der Waals surface area contributed by atoms with Gasteiger partial charge in [0, 0.05) is 24.8 Å². The number of hydrogen-bond donors (Lipinski definition) is 1. The maximum Gasteiger partial charge on any atom is 0.254 e. The Balaban J connectivity index is 1.56. The highest BCUT2D eigenvalue weighted by atomic mass is 16.5. The molecule has 1 saturated heterocycles. The summed E-state index contributed by atoms with van der Waals surface area (Å²) in [6.45, 7) is 4.21. The van der Waals surface area contributed by atoms with Crippen LogP contribution in [0, 0.1) is 6.92 Å². The van der Waals surface area contributed by atoms with Crippen LogP contribution >= 0.6 is 0 Å². The van der Waals surface area contributed by atoms with Gasteiger partial charge in [0.25, 0.3) is 5.78 Å². The predicted octanol–water partition coefficient (Wildman–Crippen LogP) is 2.95. The SMILES string of the molecule is COc1ccc(CNc2nc3nc(C)cc(C4CCCOC4)n3n2)cc1. The Morgan fingerprint density at radius 3 is 2.85 bits per heavy atom. The van der Waals surface area contributed by atoms with Gasteiger partial charge in [0.15, 0.2) is 0 Å². The second-order valence-corrected chi connectivity index (χ2v) is 6.59. The molecular weight excluding hydrogens is 330 g/mol. The number of anilines is 1. The minimum Gasteiger partial charge on any atom is -0.497 e. The van der Waals surface area contributed by atoms with Crippen molar-refractivity contribution in [1.29, 1.82) is 0 Å². The van der Waals surface area contributed by atoms with Crippen molar-refractivity contribution in [3.8, 4) is 5.75 Å². The zero-order valence-corrected chi connectivity index (χ0v) is 15.1. The highest BCUT2D eigenvalue weighted by Crippen LogP contribution is 2.26. The molecule has 3 heterocycles. The number of ether oxygens (including phenoxy) is 2. The summed E-state index contributed by atoms with van der Waals surface area (Å²) in [6.07, 6.45) is 2.18. The van der Waals surface area contributed by atoms with Crippen LogP contribution in [-0.2, 0) is 11.3 Å². The number of fused-ring (bicyclic) bond motifs is 1. The molecule has 7 heteroatoms. The highest BCUT2D eigenvalue weighted by Gasteiger charge is 2.21. The molecule has 1 unspecified atom stereocenters. The number of benzene rings is 1. The van der Waals surface area contributed by atoms with Crippen LogP contribution in [-0.4, -0.2) is 39.9 Å². The molecule has 0 radical (unpaired) electrons. The van der Waals surface area contributed by atoms with Crippen LogP contribution in [0.15, 0.2) is 30.3 Å². The van der Waals surface area contributed by atoms with Crippen LogP contribution in [0.5, 0.6) is 5.75 Å². The van der Waals surface area contributed by atoms with Crippen molar-refractivity contribution in [3.63, 3.8) is 0 Å². The van der Waals surface area contributed by atoms with E-state index in [1.165, 1.54) is 0 Å². The second kappa shape index (κ2) is 7.29. The lowest BCUT2D eigenvalue weighted by Gasteiger charge is -2.22. The van der Waals surface area contributed by atoms with Crippen LogP contribution in [0.1, 0.15) is 35.7 Å². The van der Waals surface area contributed by atoms with Crippen LogP contribution in [0.4, 0.5) is 5.95 Å². The molecule has 0 bridgehead atoms. The molecule has 0 aliphatic carbocycles. The van der Waals surface area contributed by atoms with Crippen molar-refractivity contribution in [2.75, 3.05) is 25.6 Å². The Hall–Kier alpha value is -2.67. The lowest BCUT2D eigenvalue weighted by Crippen LogP contribution is -2.19. The molecule has 7 nitrogen and oxygen atoms in total. The Bertz CT molecular complexity index is 885. The molecule has 1 aliphatic heterocycles. The van der Waals surface area contributed by atoms with Gasteiger partial charge in [-0.3, -0.25) is 0 Å². The van der Waals surface area contributed by atoms with E-state index >= 15 is 0 Å². The van der Waals surface area contributed by atoms with Gasteiger partial charge in [-0.1, -0.05) is 12.1 Å². The quantitative estimate of drug-likeness (QED) is 0.760. The lowest BCUT2D eigenvalue weighted by molar-refractivity contribution is 0.0786. The number of hydrogen-bond acceptors (Lipinski definition) is 6. The first-order chi connectivity index (χ1) is 12.7. The van der Waals surface area contributed by atoms with Crippen molar-refractivity contribution in [2.45, 2.75) is 32.2 Å². The molecular formula is C19H23N5O2. The molecule has 1 aromatic carbocycles. The van der Waals surface area contributed by atoms with Crippen LogP contribution < -0.4 is 10.1 Å². The average molecular weight is 353 g/mol. The number of aromatic nitrogens is 4. The van der Waals surface area contributed by atoms with E-state index in [0.717, 1.165) is 48.8 Å². The Labute approximate surface area is 152 Å². The van der Waals surface area contributed by atoms with E-state index in [2.05, 4.69) is 26.4 Å². The van der Waals surface area contributed by atoms with Crippen molar-refractivity contribution >= 4 is 11.7 Å². The lowest BCUT2D eigenvalue weighted by atomic mass is 9.98. The normalized spacial score (nSPS) is 17.4. The molecule has 0 saturated carbocycles. The summed E-state index contributed by atoms with van der Waals surface area (Å²) < 4.78 is 12.7. The van der Waals surface area contributed by atoms with Gasteiger partial charge in [0.05, 0.1) is 19.4 Å². The predicted molar refractivity (Wildman–Crippen MR) is 98.6 cm³/mol. The molecule has 0 amide bonds. The van der Waals surface area contributed by atoms with Crippen LogP contribution in [0.25, 0.3) is 5.78 Å². The largest absolute Gasteiger partial charge is 0.497 e. The standard InChI is InChI=1S/C19H23N5O2/c1-13-10-17(15-4-3-9-26-12-15)24-19(21-13)22-18(23-24)20-11-14-5-7-16(25-2)8-6-14/h5-8,10,15H,3-4,9,11-12H2,1-2H3,(H,20,23). The van der Waals surface area contributed by atoms with Gasteiger partial charge in [0.2, 0.25) is 5.95 Å². The molecule has 1 atom stereocenters. The molecule has 1 N–H and O–H groups in total. The third-order valence-electron chi connectivity index (χ3n) is 4.66. The molecule has 1 fully saturated rings. The summed E-state index contributed by atoms with van der Waals surface area (Å²) in [6, 6.07) is 10.0. The first-order valence-corrected chi connectivity index (χ1v) is 8.92.